The maximum atomic E-state index is 12.8. The van der Waals surface area contributed by atoms with Crippen LogP contribution in [0.4, 0.5) is 5.82 Å². The van der Waals surface area contributed by atoms with Crippen LogP contribution in [0.2, 0.25) is 0 Å². The van der Waals surface area contributed by atoms with Crippen LogP contribution >= 0.6 is 0 Å². The van der Waals surface area contributed by atoms with Gasteiger partial charge in [0.1, 0.15) is 11.9 Å². The first-order chi connectivity index (χ1) is 14.0. The minimum Gasteiger partial charge on any atom is -0.354 e. The van der Waals surface area contributed by atoms with Gasteiger partial charge in [-0.05, 0) is 24.3 Å². The fraction of sp³-hybridized carbons (Fsp3) is 0.300. The zero-order valence-electron chi connectivity index (χ0n) is 15.8. The quantitative estimate of drug-likeness (QED) is 0.325. The highest BCUT2D eigenvalue weighted by Gasteiger charge is 2.31. The van der Waals surface area contributed by atoms with Crippen LogP contribution in [-0.4, -0.2) is 72.4 Å². The lowest BCUT2D eigenvalue weighted by Crippen LogP contribution is -2.51. The molecule has 2 aromatic rings. The van der Waals surface area contributed by atoms with Crippen LogP contribution in [0, 0.1) is 11.8 Å². The molecule has 1 fully saturated rings. The van der Waals surface area contributed by atoms with Crippen LogP contribution in [0.5, 0.6) is 0 Å². The van der Waals surface area contributed by atoms with Crippen molar-refractivity contribution >= 4 is 22.3 Å². The molecule has 0 aliphatic carbocycles. The molecule has 29 heavy (non-hydrogen) atoms. The number of rotatable bonds is 6. The van der Waals surface area contributed by atoms with Crippen molar-refractivity contribution in [1.29, 1.82) is 0 Å². The van der Waals surface area contributed by atoms with E-state index in [0.717, 1.165) is 5.82 Å². The van der Waals surface area contributed by atoms with Gasteiger partial charge in [0.15, 0.2) is 0 Å². The Morgan fingerprint density at radius 1 is 1.10 bits per heavy atom. The molecule has 9 heteroatoms. The summed E-state index contributed by atoms with van der Waals surface area (Å²) in [6, 6.07) is 13.4. The molecule has 1 atom stereocenters. The fourth-order valence-electron chi connectivity index (χ4n) is 2.99. The van der Waals surface area contributed by atoms with E-state index in [4.69, 9.17) is 0 Å². The van der Waals surface area contributed by atoms with Crippen molar-refractivity contribution in [3.8, 4) is 11.8 Å². The van der Waals surface area contributed by atoms with Crippen LogP contribution in [0.15, 0.2) is 54.7 Å². The van der Waals surface area contributed by atoms with E-state index in [-0.39, 0.29) is 6.41 Å². The summed E-state index contributed by atoms with van der Waals surface area (Å²) in [6.07, 6.45) is 1.86. The number of amides is 1. The summed E-state index contributed by atoms with van der Waals surface area (Å²) in [4.78, 5) is 17.3. The highest BCUT2D eigenvalue weighted by Crippen LogP contribution is 2.15. The number of anilines is 1. The maximum absolute atomic E-state index is 12.8. The molecule has 1 aromatic heterocycles. The first kappa shape index (κ1) is 20.8. The second-order valence-corrected chi connectivity index (χ2v) is 8.50. The van der Waals surface area contributed by atoms with E-state index < -0.39 is 21.8 Å². The Labute approximate surface area is 170 Å². The van der Waals surface area contributed by atoms with Crippen molar-refractivity contribution in [3.05, 3.63) is 60.3 Å². The molecule has 1 amide bonds. The Morgan fingerprint density at radius 2 is 1.79 bits per heavy atom. The lowest BCUT2D eigenvalue weighted by atomic mass is 10.2. The maximum Gasteiger partial charge on any atom is 0.234 e. The average molecular weight is 414 g/mol. The molecule has 2 heterocycles. The Balaban J connectivity index is 1.67. The number of piperazine rings is 1. The fourth-order valence-corrected chi connectivity index (χ4v) is 4.55. The third-order valence-electron chi connectivity index (χ3n) is 4.56. The predicted molar refractivity (Wildman–Crippen MR) is 109 cm³/mol. The van der Waals surface area contributed by atoms with Crippen molar-refractivity contribution in [3.63, 3.8) is 0 Å². The number of hydroxylamine groups is 2. The summed E-state index contributed by atoms with van der Waals surface area (Å²) in [6.45, 7) is 1.61. The van der Waals surface area contributed by atoms with E-state index in [9.17, 15) is 18.4 Å². The van der Waals surface area contributed by atoms with Gasteiger partial charge in [-0.2, -0.15) is 4.31 Å². The summed E-state index contributed by atoms with van der Waals surface area (Å²) < 4.78 is 27.0. The monoisotopic (exact) mass is 414 g/mol. The normalized spacial score (nSPS) is 15.8. The highest BCUT2D eigenvalue weighted by molar-refractivity contribution is 7.89. The van der Waals surface area contributed by atoms with Crippen LogP contribution in [0.25, 0.3) is 0 Å². The Bertz CT molecular complexity index is 966. The molecule has 0 spiro atoms. The van der Waals surface area contributed by atoms with E-state index in [1.165, 1.54) is 4.31 Å². The minimum atomic E-state index is -3.72. The van der Waals surface area contributed by atoms with Gasteiger partial charge in [0.2, 0.25) is 16.4 Å². The summed E-state index contributed by atoms with van der Waals surface area (Å²) >= 11 is 0. The number of hydrogen-bond acceptors (Lipinski definition) is 6. The molecule has 1 unspecified atom stereocenters. The Hall–Kier alpha value is -2.93. The minimum absolute atomic E-state index is 0.166. The van der Waals surface area contributed by atoms with E-state index >= 15 is 0 Å². The van der Waals surface area contributed by atoms with Gasteiger partial charge < -0.3 is 4.90 Å². The number of pyridine rings is 1. The van der Waals surface area contributed by atoms with Crippen LogP contribution in [-0.2, 0) is 14.8 Å². The average Bonchev–Trinajstić information content (AvgIpc) is 2.77. The number of sulfonamides is 1. The van der Waals surface area contributed by atoms with E-state index in [2.05, 4.69) is 16.8 Å². The second kappa shape index (κ2) is 9.52. The van der Waals surface area contributed by atoms with Crippen LogP contribution in [0.1, 0.15) is 5.56 Å². The summed E-state index contributed by atoms with van der Waals surface area (Å²) in [5.74, 6) is 5.81. The molecular formula is C20H22N4O4S. The molecule has 152 valence electrons. The van der Waals surface area contributed by atoms with Crippen molar-refractivity contribution in [2.24, 2.45) is 0 Å². The molecule has 0 saturated carbocycles. The van der Waals surface area contributed by atoms with Gasteiger partial charge in [0.05, 0.1) is 5.75 Å². The third-order valence-corrected chi connectivity index (χ3v) is 6.45. The van der Waals surface area contributed by atoms with Gasteiger partial charge in [-0.1, -0.05) is 36.1 Å². The van der Waals surface area contributed by atoms with E-state index in [0.29, 0.717) is 36.8 Å². The first-order valence-electron chi connectivity index (χ1n) is 9.12. The lowest BCUT2D eigenvalue weighted by molar-refractivity contribution is -0.153. The van der Waals surface area contributed by atoms with Crippen LogP contribution < -0.4 is 4.90 Å². The van der Waals surface area contributed by atoms with Crippen molar-refractivity contribution in [1.82, 2.24) is 14.4 Å². The van der Waals surface area contributed by atoms with Crippen molar-refractivity contribution < 1.29 is 18.4 Å². The second-order valence-electron chi connectivity index (χ2n) is 6.49. The summed E-state index contributed by atoms with van der Waals surface area (Å²) in [5.41, 5.74) is 0.665. The third kappa shape index (κ3) is 5.54. The van der Waals surface area contributed by atoms with Crippen molar-refractivity contribution in [2.75, 3.05) is 36.8 Å². The van der Waals surface area contributed by atoms with Crippen LogP contribution in [0.3, 0.4) is 0 Å². The zero-order valence-corrected chi connectivity index (χ0v) is 16.6. The smallest absolute Gasteiger partial charge is 0.234 e. The van der Waals surface area contributed by atoms with Gasteiger partial charge in [0.25, 0.3) is 0 Å². The Morgan fingerprint density at radius 3 is 2.41 bits per heavy atom. The number of hydrogen-bond donors (Lipinski definition) is 1. The molecule has 1 N–H and O–H groups in total. The summed E-state index contributed by atoms with van der Waals surface area (Å²) in [7, 11) is -3.72. The molecule has 3 rings (SSSR count). The lowest BCUT2D eigenvalue weighted by Gasteiger charge is -2.35. The molecule has 8 nitrogen and oxygen atoms in total. The molecule has 1 saturated heterocycles. The Kier molecular flexibility index (Phi) is 6.82. The van der Waals surface area contributed by atoms with Crippen molar-refractivity contribution in [2.45, 2.75) is 6.04 Å². The zero-order chi connectivity index (χ0) is 20.7. The van der Waals surface area contributed by atoms with Gasteiger partial charge in [-0.3, -0.25) is 10.0 Å². The highest BCUT2D eigenvalue weighted by atomic mass is 32.2. The molecule has 1 aromatic carbocycles. The molecule has 0 radical (unpaired) electrons. The number of carbonyl (C=O) groups is 1. The number of aromatic nitrogens is 1. The number of carbonyl (C=O) groups excluding carboxylic acids is 1. The number of benzene rings is 1. The predicted octanol–water partition coefficient (Wildman–Crippen LogP) is 0.801. The first-order valence-corrected chi connectivity index (χ1v) is 10.7. The molecular weight excluding hydrogens is 392 g/mol. The summed E-state index contributed by atoms with van der Waals surface area (Å²) in [5, 5.41) is 10.1. The molecule has 1 aliphatic rings. The van der Waals surface area contributed by atoms with Gasteiger partial charge in [-0.25, -0.2) is 18.5 Å². The van der Waals surface area contributed by atoms with E-state index in [1.54, 1.807) is 30.5 Å². The van der Waals surface area contributed by atoms with E-state index in [1.807, 2.05) is 29.2 Å². The number of nitrogens with zero attached hydrogens (tertiary/aromatic N) is 4. The topological polar surface area (TPSA) is 94.0 Å². The van der Waals surface area contributed by atoms with Gasteiger partial charge in [0, 0.05) is 37.9 Å². The van der Waals surface area contributed by atoms with Gasteiger partial charge in [-0.15, -0.1) is 0 Å². The largest absolute Gasteiger partial charge is 0.354 e. The standard InChI is InChI=1S/C20H22N4O4S/c25-17-24(26)19(10-9-18-6-2-1-3-7-18)16-29(27,28)23-14-12-22(13-15-23)20-8-4-5-11-21-20/h1-8,11,17,19,26H,12-16H2. The molecule has 1 aliphatic heterocycles. The SMILES string of the molecule is O=CN(O)C(C#Cc1ccccc1)CS(=O)(=O)N1CCN(c2ccccn2)CC1. The van der Waals surface area contributed by atoms with Gasteiger partial charge >= 0.3 is 0 Å². The molecule has 0 bridgehead atoms.